The van der Waals surface area contributed by atoms with E-state index in [1.54, 1.807) is 54.6 Å². The average Bonchev–Trinajstić information content (AvgIpc) is 3.50. The van der Waals surface area contributed by atoms with E-state index in [9.17, 15) is 9.59 Å². The van der Waals surface area contributed by atoms with Gasteiger partial charge in [0.15, 0.2) is 0 Å². The largest absolute Gasteiger partial charge is 0.457 e. The van der Waals surface area contributed by atoms with Crippen molar-refractivity contribution in [1.82, 2.24) is 10.6 Å². The van der Waals surface area contributed by atoms with Gasteiger partial charge in [0.05, 0.1) is 11.1 Å². The topological polar surface area (TPSA) is 80.6 Å². The Balaban J connectivity index is 1.57. The van der Waals surface area contributed by atoms with Crippen molar-refractivity contribution < 1.29 is 18.7 Å². The fourth-order valence-electron chi connectivity index (χ4n) is 3.46. The summed E-state index contributed by atoms with van der Waals surface area (Å²) < 4.78 is 11.4. The summed E-state index contributed by atoms with van der Waals surface area (Å²) in [4.78, 5) is 25.6. The van der Waals surface area contributed by atoms with E-state index in [1.807, 2.05) is 6.07 Å². The SMILES string of the molecule is O=C(NCC1CCCO1)/C(=C\c1ccc(-c2ccc(Cl)cc2Cl)o1)NC(=O)c1ccccc1. The molecular weight excluding hydrogens is 463 g/mol. The van der Waals surface area contributed by atoms with Gasteiger partial charge >= 0.3 is 0 Å². The fraction of sp³-hybridized carbons (Fsp3) is 0.200. The molecule has 1 atom stereocenters. The fourth-order valence-corrected chi connectivity index (χ4v) is 3.96. The Kier molecular flexibility index (Phi) is 7.50. The summed E-state index contributed by atoms with van der Waals surface area (Å²) in [5, 5.41) is 6.48. The monoisotopic (exact) mass is 484 g/mol. The van der Waals surface area contributed by atoms with Crippen LogP contribution < -0.4 is 10.6 Å². The molecule has 0 spiro atoms. The van der Waals surface area contributed by atoms with Crippen molar-refractivity contribution in [2.45, 2.75) is 18.9 Å². The van der Waals surface area contributed by atoms with Gasteiger partial charge in [-0.2, -0.15) is 0 Å². The van der Waals surface area contributed by atoms with Gasteiger partial charge in [-0.15, -0.1) is 0 Å². The van der Waals surface area contributed by atoms with Crippen LogP contribution >= 0.6 is 23.2 Å². The molecule has 2 aromatic carbocycles. The summed E-state index contributed by atoms with van der Waals surface area (Å²) in [6.45, 7) is 1.05. The number of rotatable bonds is 7. The maximum Gasteiger partial charge on any atom is 0.268 e. The summed E-state index contributed by atoms with van der Waals surface area (Å²) >= 11 is 12.2. The second kappa shape index (κ2) is 10.7. The highest BCUT2D eigenvalue weighted by atomic mass is 35.5. The number of halogens is 2. The third kappa shape index (κ3) is 6.05. The molecule has 1 saturated heterocycles. The lowest BCUT2D eigenvalue weighted by Crippen LogP contribution is -2.38. The standard InChI is InChI=1S/C25H22Cl2N2O4/c26-17-8-10-20(21(27)13-17)23-11-9-18(33-23)14-22(25(31)28-15-19-7-4-12-32-19)29-24(30)16-5-2-1-3-6-16/h1-3,5-6,8-11,13-14,19H,4,7,12,15H2,(H,28,31)(H,29,30)/b22-14+. The summed E-state index contributed by atoms with van der Waals surface area (Å²) in [5.41, 5.74) is 1.16. The van der Waals surface area contributed by atoms with Gasteiger partial charge in [-0.05, 0) is 55.3 Å². The van der Waals surface area contributed by atoms with Crippen LogP contribution in [0.5, 0.6) is 0 Å². The highest BCUT2D eigenvalue weighted by Gasteiger charge is 2.20. The molecule has 1 unspecified atom stereocenters. The number of nitrogens with one attached hydrogen (secondary N) is 2. The van der Waals surface area contributed by atoms with Crippen molar-refractivity contribution in [1.29, 1.82) is 0 Å². The molecule has 4 rings (SSSR count). The Morgan fingerprint density at radius 1 is 1.06 bits per heavy atom. The van der Waals surface area contributed by atoms with Crippen LogP contribution in [0.2, 0.25) is 10.0 Å². The van der Waals surface area contributed by atoms with Crippen LogP contribution in [0.4, 0.5) is 0 Å². The van der Waals surface area contributed by atoms with Gasteiger partial charge in [0.25, 0.3) is 11.8 Å². The molecular formula is C25H22Cl2N2O4. The zero-order valence-corrected chi connectivity index (χ0v) is 19.2. The van der Waals surface area contributed by atoms with E-state index >= 15 is 0 Å². The first kappa shape index (κ1) is 23.1. The van der Waals surface area contributed by atoms with Gasteiger partial charge in [-0.1, -0.05) is 41.4 Å². The van der Waals surface area contributed by atoms with E-state index in [-0.39, 0.29) is 11.8 Å². The van der Waals surface area contributed by atoms with Gasteiger partial charge in [0.2, 0.25) is 0 Å². The second-order valence-electron chi connectivity index (χ2n) is 7.55. The van der Waals surface area contributed by atoms with Crippen molar-refractivity contribution in [2.24, 2.45) is 0 Å². The Morgan fingerprint density at radius 3 is 2.61 bits per heavy atom. The summed E-state index contributed by atoms with van der Waals surface area (Å²) in [7, 11) is 0. The van der Waals surface area contributed by atoms with E-state index in [0.717, 1.165) is 12.8 Å². The van der Waals surface area contributed by atoms with Crippen LogP contribution in [0.1, 0.15) is 29.0 Å². The van der Waals surface area contributed by atoms with Crippen molar-refractivity contribution in [3.63, 3.8) is 0 Å². The van der Waals surface area contributed by atoms with E-state index in [0.29, 0.717) is 45.8 Å². The van der Waals surface area contributed by atoms with Crippen molar-refractivity contribution >= 4 is 41.1 Å². The number of ether oxygens (including phenoxy) is 1. The van der Waals surface area contributed by atoms with Crippen LogP contribution in [-0.4, -0.2) is 31.1 Å². The van der Waals surface area contributed by atoms with Gasteiger partial charge in [-0.3, -0.25) is 9.59 Å². The third-order valence-electron chi connectivity index (χ3n) is 5.15. The smallest absolute Gasteiger partial charge is 0.268 e. The third-order valence-corrected chi connectivity index (χ3v) is 5.70. The average molecular weight is 485 g/mol. The maximum atomic E-state index is 12.9. The lowest BCUT2D eigenvalue weighted by atomic mass is 10.2. The molecule has 2 N–H and O–H groups in total. The lowest BCUT2D eigenvalue weighted by Gasteiger charge is -2.13. The molecule has 33 heavy (non-hydrogen) atoms. The summed E-state index contributed by atoms with van der Waals surface area (Å²) in [6.07, 6.45) is 3.32. The molecule has 170 valence electrons. The molecule has 0 radical (unpaired) electrons. The molecule has 1 aliphatic heterocycles. The van der Waals surface area contributed by atoms with Gasteiger partial charge < -0.3 is 19.8 Å². The minimum Gasteiger partial charge on any atom is -0.457 e. The molecule has 0 bridgehead atoms. The van der Waals surface area contributed by atoms with Crippen molar-refractivity contribution in [2.75, 3.05) is 13.2 Å². The molecule has 2 amide bonds. The zero-order valence-electron chi connectivity index (χ0n) is 17.6. The van der Waals surface area contributed by atoms with Crippen LogP contribution in [0.3, 0.4) is 0 Å². The van der Waals surface area contributed by atoms with E-state index in [4.69, 9.17) is 32.4 Å². The van der Waals surface area contributed by atoms with E-state index < -0.39 is 11.8 Å². The molecule has 6 nitrogen and oxygen atoms in total. The Hall–Kier alpha value is -3.06. The molecule has 8 heteroatoms. The van der Waals surface area contributed by atoms with Crippen LogP contribution in [-0.2, 0) is 9.53 Å². The quantitative estimate of drug-likeness (QED) is 0.444. The number of benzene rings is 2. The molecule has 1 aliphatic rings. The zero-order chi connectivity index (χ0) is 23.2. The number of hydrogen-bond donors (Lipinski definition) is 2. The maximum absolute atomic E-state index is 12.9. The number of amides is 2. The minimum atomic E-state index is -0.433. The normalized spacial score (nSPS) is 15.9. The van der Waals surface area contributed by atoms with Crippen molar-refractivity contribution in [3.8, 4) is 11.3 Å². The van der Waals surface area contributed by atoms with Gasteiger partial charge in [-0.25, -0.2) is 0 Å². The highest BCUT2D eigenvalue weighted by Crippen LogP contribution is 2.32. The first-order valence-corrected chi connectivity index (χ1v) is 11.3. The Morgan fingerprint density at radius 2 is 1.88 bits per heavy atom. The van der Waals surface area contributed by atoms with Crippen LogP contribution in [0.25, 0.3) is 17.4 Å². The Bertz CT molecular complexity index is 1170. The van der Waals surface area contributed by atoms with E-state index in [1.165, 1.54) is 6.08 Å². The van der Waals surface area contributed by atoms with Gasteiger partial charge in [0, 0.05) is 35.4 Å². The van der Waals surface area contributed by atoms with E-state index in [2.05, 4.69) is 10.6 Å². The molecule has 1 aromatic heterocycles. The number of hydrogen-bond acceptors (Lipinski definition) is 4. The number of carbonyl (C=O) groups excluding carboxylic acids is 2. The number of furan rings is 1. The molecule has 3 aromatic rings. The minimum absolute atomic E-state index is 0.0257. The predicted octanol–water partition coefficient (Wildman–Crippen LogP) is 5.32. The Labute approximate surface area is 201 Å². The predicted molar refractivity (Wildman–Crippen MR) is 128 cm³/mol. The molecule has 2 heterocycles. The van der Waals surface area contributed by atoms with Crippen molar-refractivity contribution in [3.05, 3.63) is 87.7 Å². The molecule has 0 aliphatic carbocycles. The summed E-state index contributed by atoms with van der Waals surface area (Å²) in [5.74, 6) is 0.0574. The first-order valence-electron chi connectivity index (χ1n) is 10.5. The van der Waals surface area contributed by atoms with Crippen LogP contribution in [0, 0.1) is 0 Å². The molecule has 1 fully saturated rings. The lowest BCUT2D eigenvalue weighted by molar-refractivity contribution is -0.118. The van der Waals surface area contributed by atoms with Crippen LogP contribution in [0.15, 0.2) is 70.8 Å². The first-order chi connectivity index (χ1) is 16.0. The van der Waals surface area contributed by atoms with Gasteiger partial charge in [0.1, 0.15) is 17.2 Å². The second-order valence-corrected chi connectivity index (χ2v) is 8.39. The highest BCUT2D eigenvalue weighted by molar-refractivity contribution is 6.36. The summed E-state index contributed by atoms with van der Waals surface area (Å²) in [6, 6.07) is 17.2. The number of carbonyl (C=O) groups is 2. The molecule has 0 saturated carbocycles.